The summed E-state index contributed by atoms with van der Waals surface area (Å²) >= 11 is 0. The summed E-state index contributed by atoms with van der Waals surface area (Å²) in [6, 6.07) is 0. The number of carbonyl (C=O) groups is 3. The maximum Gasteiger partial charge on any atom is 0.306 e. The van der Waals surface area contributed by atoms with Gasteiger partial charge in [0.25, 0.3) is 0 Å². The summed E-state index contributed by atoms with van der Waals surface area (Å²) in [6.45, 7) is 6.31. The number of rotatable bonds is 50. The van der Waals surface area contributed by atoms with Crippen molar-refractivity contribution in [2.75, 3.05) is 13.2 Å². The van der Waals surface area contributed by atoms with E-state index in [1.165, 1.54) is 32.1 Å². The Morgan fingerprint density at radius 3 is 0.889 bits per heavy atom. The average molecular weight is 994 g/mol. The van der Waals surface area contributed by atoms with E-state index >= 15 is 0 Å². The van der Waals surface area contributed by atoms with Crippen LogP contribution in [-0.2, 0) is 28.6 Å². The van der Waals surface area contributed by atoms with Crippen LogP contribution in [0.5, 0.6) is 0 Å². The SMILES string of the molecule is CC/C=C\C/C=C\C/C=C\C/C=C\C/C=C\C/C=C\C/C=C\CCCCCCCC(=O)OCC(COC(=O)CCCCCCC/C=C\CCCCC)OC(=O)CCCC/C=C\C/C=C\C/C=C\C/C=C\CC. The molecule has 0 bridgehead atoms. The number of unbranched alkanes of at least 4 members (excludes halogenated alkanes) is 15. The standard InChI is InChI=1S/C66H104O6/c1-4-7-10-13-16-19-22-25-27-28-29-30-31-32-33-34-35-36-37-38-40-41-44-47-50-53-56-59-65(68)71-62-63(61-70-64(67)58-55-52-49-46-43-24-21-18-15-12-9-6-3)72-66(69)60-57-54-51-48-45-42-39-26-23-20-17-14-11-8-5-2/h7-8,10-11,16-21,25-27,29-30,32-33,35-36,38-40,45,48,63H,4-6,9,12-15,22-24,28,31,34,37,41-44,46-47,49-62H2,1-3H3/b10-7-,11-8-,19-16-,20-17-,21-18-,27-25-,30-29-,33-32-,36-35-,39-26-,40-38-,48-45-. The predicted molar refractivity (Wildman–Crippen MR) is 311 cm³/mol. The Hall–Kier alpha value is -4.71. The molecule has 1 atom stereocenters. The van der Waals surface area contributed by atoms with Gasteiger partial charge in [-0.2, -0.15) is 0 Å². The summed E-state index contributed by atoms with van der Waals surface area (Å²) in [5.74, 6) is -0.989. The van der Waals surface area contributed by atoms with Crippen LogP contribution in [-0.4, -0.2) is 37.2 Å². The maximum absolute atomic E-state index is 12.8. The molecule has 0 N–H and O–H groups in total. The zero-order valence-electron chi connectivity index (χ0n) is 46.1. The van der Waals surface area contributed by atoms with E-state index in [4.69, 9.17) is 14.2 Å². The molecule has 0 saturated heterocycles. The molecule has 0 saturated carbocycles. The Bertz CT molecular complexity index is 1610. The molecule has 6 nitrogen and oxygen atoms in total. The van der Waals surface area contributed by atoms with Crippen molar-refractivity contribution < 1.29 is 28.6 Å². The van der Waals surface area contributed by atoms with Gasteiger partial charge in [0, 0.05) is 19.3 Å². The molecule has 0 heterocycles. The van der Waals surface area contributed by atoms with Gasteiger partial charge in [-0.25, -0.2) is 0 Å². The molecule has 0 aromatic rings. The Balaban J connectivity index is 4.43. The molecule has 404 valence electrons. The quantitative estimate of drug-likeness (QED) is 0.0261. The van der Waals surface area contributed by atoms with Crippen LogP contribution in [0.15, 0.2) is 146 Å². The van der Waals surface area contributed by atoms with Gasteiger partial charge >= 0.3 is 17.9 Å². The first-order valence-electron chi connectivity index (χ1n) is 28.8. The predicted octanol–water partition coefficient (Wildman–Crippen LogP) is 19.6. The fourth-order valence-corrected chi connectivity index (χ4v) is 7.29. The highest BCUT2D eigenvalue weighted by Crippen LogP contribution is 2.13. The summed E-state index contributed by atoms with van der Waals surface area (Å²) in [7, 11) is 0. The van der Waals surface area contributed by atoms with Crippen LogP contribution < -0.4 is 0 Å². The number of carbonyl (C=O) groups excluding carboxylic acids is 3. The third kappa shape index (κ3) is 56.2. The van der Waals surface area contributed by atoms with Gasteiger partial charge in [-0.15, -0.1) is 0 Å². The van der Waals surface area contributed by atoms with Crippen LogP contribution >= 0.6 is 0 Å². The second-order valence-electron chi connectivity index (χ2n) is 18.4. The summed E-state index contributed by atoms with van der Waals surface area (Å²) < 4.78 is 16.8. The fraction of sp³-hybridized carbons (Fsp3) is 0.591. The Morgan fingerprint density at radius 1 is 0.292 bits per heavy atom. The van der Waals surface area contributed by atoms with Crippen molar-refractivity contribution in [1.82, 2.24) is 0 Å². The third-order valence-corrected chi connectivity index (χ3v) is 11.6. The number of allylic oxidation sites excluding steroid dienone is 24. The van der Waals surface area contributed by atoms with E-state index in [0.717, 1.165) is 154 Å². The minimum absolute atomic E-state index is 0.111. The number of esters is 3. The van der Waals surface area contributed by atoms with Crippen LogP contribution in [0.3, 0.4) is 0 Å². The van der Waals surface area contributed by atoms with Crippen molar-refractivity contribution in [2.24, 2.45) is 0 Å². The average Bonchev–Trinajstić information content (AvgIpc) is 3.38. The van der Waals surface area contributed by atoms with Gasteiger partial charge in [0.1, 0.15) is 13.2 Å². The molecule has 0 spiro atoms. The van der Waals surface area contributed by atoms with Crippen molar-refractivity contribution in [3.8, 4) is 0 Å². The zero-order chi connectivity index (χ0) is 52.2. The fourth-order valence-electron chi connectivity index (χ4n) is 7.29. The van der Waals surface area contributed by atoms with Crippen molar-refractivity contribution in [2.45, 2.75) is 239 Å². The molecule has 72 heavy (non-hydrogen) atoms. The van der Waals surface area contributed by atoms with Crippen molar-refractivity contribution in [3.63, 3.8) is 0 Å². The monoisotopic (exact) mass is 993 g/mol. The lowest BCUT2D eigenvalue weighted by Gasteiger charge is -2.18. The third-order valence-electron chi connectivity index (χ3n) is 11.6. The lowest BCUT2D eigenvalue weighted by molar-refractivity contribution is -0.167. The molecular weight excluding hydrogens is 889 g/mol. The van der Waals surface area contributed by atoms with E-state index in [9.17, 15) is 14.4 Å². The van der Waals surface area contributed by atoms with Crippen molar-refractivity contribution >= 4 is 17.9 Å². The molecule has 0 aliphatic carbocycles. The molecule has 0 aromatic carbocycles. The molecule has 0 amide bonds. The van der Waals surface area contributed by atoms with E-state index in [1.807, 2.05) is 0 Å². The van der Waals surface area contributed by atoms with Gasteiger partial charge in [-0.05, 0) is 141 Å². The van der Waals surface area contributed by atoms with Crippen LogP contribution in [0.2, 0.25) is 0 Å². The molecule has 0 aromatic heterocycles. The molecule has 0 fully saturated rings. The van der Waals surface area contributed by atoms with Gasteiger partial charge in [-0.1, -0.05) is 218 Å². The molecule has 0 aliphatic heterocycles. The van der Waals surface area contributed by atoms with E-state index in [-0.39, 0.29) is 37.5 Å². The van der Waals surface area contributed by atoms with Crippen molar-refractivity contribution in [1.29, 1.82) is 0 Å². The van der Waals surface area contributed by atoms with Gasteiger partial charge in [0.05, 0.1) is 0 Å². The first-order chi connectivity index (χ1) is 35.5. The smallest absolute Gasteiger partial charge is 0.306 e. The minimum atomic E-state index is -0.817. The van der Waals surface area contributed by atoms with E-state index in [2.05, 4.69) is 167 Å². The van der Waals surface area contributed by atoms with Crippen LogP contribution in [0.1, 0.15) is 233 Å². The molecule has 0 radical (unpaired) electrons. The molecule has 1 unspecified atom stereocenters. The van der Waals surface area contributed by atoms with Crippen LogP contribution in [0.25, 0.3) is 0 Å². The second kappa shape index (κ2) is 58.9. The number of hydrogen-bond acceptors (Lipinski definition) is 6. The second-order valence-corrected chi connectivity index (χ2v) is 18.4. The van der Waals surface area contributed by atoms with Crippen LogP contribution in [0.4, 0.5) is 0 Å². The number of hydrogen-bond donors (Lipinski definition) is 0. The van der Waals surface area contributed by atoms with Gasteiger partial charge in [0.15, 0.2) is 6.10 Å². The minimum Gasteiger partial charge on any atom is -0.462 e. The molecule has 0 aliphatic rings. The van der Waals surface area contributed by atoms with Gasteiger partial charge in [-0.3, -0.25) is 14.4 Å². The van der Waals surface area contributed by atoms with E-state index < -0.39 is 6.10 Å². The summed E-state index contributed by atoms with van der Waals surface area (Å²) in [5, 5.41) is 0. The molecule has 0 rings (SSSR count). The largest absolute Gasteiger partial charge is 0.462 e. The molecular formula is C66H104O6. The summed E-state index contributed by atoms with van der Waals surface area (Å²) in [4.78, 5) is 38.1. The zero-order valence-corrected chi connectivity index (χ0v) is 46.1. The summed E-state index contributed by atoms with van der Waals surface area (Å²) in [5.41, 5.74) is 0. The topological polar surface area (TPSA) is 78.9 Å². The highest BCUT2D eigenvalue weighted by molar-refractivity contribution is 5.71. The number of ether oxygens (including phenoxy) is 3. The van der Waals surface area contributed by atoms with Crippen molar-refractivity contribution in [3.05, 3.63) is 146 Å². The van der Waals surface area contributed by atoms with Crippen LogP contribution in [0, 0.1) is 0 Å². The highest BCUT2D eigenvalue weighted by Gasteiger charge is 2.19. The lowest BCUT2D eigenvalue weighted by atomic mass is 10.1. The Morgan fingerprint density at radius 2 is 0.542 bits per heavy atom. The summed E-state index contributed by atoms with van der Waals surface area (Å²) in [6.07, 6.45) is 84.1. The Labute approximate surface area is 442 Å². The first-order valence-corrected chi connectivity index (χ1v) is 28.8. The van der Waals surface area contributed by atoms with Gasteiger partial charge < -0.3 is 14.2 Å². The van der Waals surface area contributed by atoms with E-state index in [1.54, 1.807) is 0 Å². The maximum atomic E-state index is 12.8. The van der Waals surface area contributed by atoms with Gasteiger partial charge in [0.2, 0.25) is 0 Å². The lowest BCUT2D eigenvalue weighted by Crippen LogP contribution is -2.30. The normalized spacial score (nSPS) is 13.2. The highest BCUT2D eigenvalue weighted by atomic mass is 16.6. The Kier molecular flexibility index (Phi) is 55.0. The van der Waals surface area contributed by atoms with E-state index in [0.29, 0.717) is 19.3 Å². The first kappa shape index (κ1) is 67.3. The molecule has 6 heteroatoms.